The summed E-state index contributed by atoms with van der Waals surface area (Å²) in [4.78, 5) is 0. The summed E-state index contributed by atoms with van der Waals surface area (Å²) in [6.45, 7) is 4.31. The molecule has 0 amide bonds. The number of hydrogen-bond donors (Lipinski definition) is 1. The van der Waals surface area contributed by atoms with E-state index < -0.39 is 0 Å². The highest BCUT2D eigenvalue weighted by molar-refractivity contribution is 7.99. The topological polar surface area (TPSA) is 21.3 Å². The van der Waals surface area contributed by atoms with Gasteiger partial charge in [-0.15, -0.1) is 12.4 Å². The van der Waals surface area contributed by atoms with Crippen molar-refractivity contribution < 1.29 is 4.74 Å². The third-order valence-corrected chi connectivity index (χ3v) is 4.21. The third-order valence-electron chi connectivity index (χ3n) is 3.16. The van der Waals surface area contributed by atoms with E-state index in [1.165, 1.54) is 30.8 Å². The second-order valence-corrected chi connectivity index (χ2v) is 5.85. The summed E-state index contributed by atoms with van der Waals surface area (Å²) in [6, 6.07) is 0. The predicted molar refractivity (Wildman–Crippen MR) is 68.8 cm³/mol. The van der Waals surface area contributed by atoms with Gasteiger partial charge in [-0.2, -0.15) is 11.8 Å². The van der Waals surface area contributed by atoms with Gasteiger partial charge in [-0.25, -0.2) is 0 Å². The highest BCUT2D eigenvalue weighted by Gasteiger charge is 2.22. The van der Waals surface area contributed by atoms with Crippen molar-refractivity contribution in [3.8, 4) is 0 Å². The molecule has 0 aromatic rings. The van der Waals surface area contributed by atoms with Crippen molar-refractivity contribution in [3.63, 3.8) is 0 Å². The Hall–Kier alpha value is 0.560. The van der Waals surface area contributed by atoms with Gasteiger partial charge in [0.2, 0.25) is 0 Å². The van der Waals surface area contributed by atoms with Crippen LogP contribution in [0.25, 0.3) is 0 Å². The zero-order valence-corrected chi connectivity index (χ0v) is 11.0. The molecule has 2 saturated heterocycles. The smallest absolute Gasteiger partial charge is 0.108 e. The maximum absolute atomic E-state index is 5.78. The van der Waals surface area contributed by atoms with E-state index >= 15 is 0 Å². The fourth-order valence-electron chi connectivity index (χ4n) is 2.17. The fraction of sp³-hybridized carbons (Fsp3) is 1.00. The highest BCUT2D eigenvalue weighted by Crippen LogP contribution is 2.27. The van der Waals surface area contributed by atoms with E-state index in [9.17, 15) is 0 Å². The van der Waals surface area contributed by atoms with Crippen molar-refractivity contribution in [2.45, 2.75) is 32.4 Å². The lowest BCUT2D eigenvalue weighted by atomic mass is 9.97. The van der Waals surface area contributed by atoms with E-state index in [2.05, 4.69) is 24.0 Å². The van der Waals surface area contributed by atoms with Crippen LogP contribution in [0.3, 0.4) is 0 Å². The van der Waals surface area contributed by atoms with E-state index in [0.717, 1.165) is 19.1 Å². The Balaban J connectivity index is 0.00000112. The van der Waals surface area contributed by atoms with Crippen molar-refractivity contribution in [2.75, 3.05) is 24.7 Å². The maximum Gasteiger partial charge on any atom is 0.108 e. The van der Waals surface area contributed by atoms with Crippen LogP contribution in [0.1, 0.15) is 26.2 Å². The predicted octanol–water partition coefficient (Wildman–Crippen LogP) is 2.52. The molecule has 1 N–H and O–H groups in total. The monoisotopic (exact) mass is 251 g/mol. The molecular weight excluding hydrogens is 230 g/mol. The minimum absolute atomic E-state index is 0. The number of ether oxygens (including phenoxy) is 1. The number of hydrogen-bond acceptors (Lipinski definition) is 3. The minimum atomic E-state index is 0. The maximum atomic E-state index is 5.78. The first-order chi connectivity index (χ1) is 6.84. The van der Waals surface area contributed by atoms with Gasteiger partial charge >= 0.3 is 0 Å². The second kappa shape index (κ2) is 7.00. The van der Waals surface area contributed by atoms with Crippen molar-refractivity contribution in [2.24, 2.45) is 11.8 Å². The molecular formula is C11H22ClNOS. The minimum Gasteiger partial charge on any atom is -0.363 e. The summed E-state index contributed by atoms with van der Waals surface area (Å²) in [5.74, 6) is 4.30. The van der Waals surface area contributed by atoms with Gasteiger partial charge in [0, 0.05) is 6.54 Å². The molecule has 0 radical (unpaired) electrons. The van der Waals surface area contributed by atoms with Gasteiger partial charge in [-0.1, -0.05) is 6.92 Å². The Labute approximate surface area is 103 Å². The van der Waals surface area contributed by atoms with E-state index in [-0.39, 0.29) is 12.4 Å². The van der Waals surface area contributed by atoms with E-state index in [1.807, 2.05) is 0 Å². The zero-order chi connectivity index (χ0) is 9.80. The van der Waals surface area contributed by atoms with Crippen molar-refractivity contribution in [1.82, 2.24) is 5.32 Å². The number of thioether (sulfide) groups is 1. The van der Waals surface area contributed by atoms with Crippen molar-refractivity contribution in [1.29, 1.82) is 0 Å². The standard InChI is InChI=1S/C11H21NOS.ClH/c1-9-7-12-11(13-8-9)6-10-2-4-14-5-3-10;/h9-12H,2-8H2,1H3;1H. The lowest BCUT2D eigenvalue weighted by Crippen LogP contribution is -2.43. The Kier molecular flexibility index (Phi) is 6.36. The van der Waals surface area contributed by atoms with E-state index in [4.69, 9.17) is 4.74 Å². The molecule has 90 valence electrons. The van der Waals surface area contributed by atoms with Crippen molar-refractivity contribution >= 4 is 24.2 Å². The van der Waals surface area contributed by atoms with Gasteiger partial charge in [0.1, 0.15) is 6.23 Å². The number of rotatable bonds is 2. The Morgan fingerprint density at radius 2 is 2.07 bits per heavy atom. The van der Waals surface area contributed by atoms with Gasteiger partial charge in [-0.05, 0) is 42.6 Å². The van der Waals surface area contributed by atoms with Crippen LogP contribution in [0, 0.1) is 11.8 Å². The molecule has 2 atom stereocenters. The Morgan fingerprint density at radius 1 is 1.33 bits per heavy atom. The molecule has 0 aromatic heterocycles. The van der Waals surface area contributed by atoms with E-state index in [0.29, 0.717) is 12.1 Å². The zero-order valence-electron chi connectivity index (χ0n) is 9.41. The fourth-order valence-corrected chi connectivity index (χ4v) is 3.37. The van der Waals surface area contributed by atoms with Crippen LogP contribution in [0.5, 0.6) is 0 Å². The molecule has 2 nitrogen and oxygen atoms in total. The Bertz CT molecular complexity index is 168. The van der Waals surface area contributed by atoms with Gasteiger partial charge in [0.15, 0.2) is 0 Å². The van der Waals surface area contributed by atoms with Crippen LogP contribution in [0.2, 0.25) is 0 Å². The van der Waals surface area contributed by atoms with Gasteiger partial charge in [0.05, 0.1) is 6.61 Å². The average Bonchev–Trinajstić information content (AvgIpc) is 2.23. The second-order valence-electron chi connectivity index (χ2n) is 4.63. The molecule has 15 heavy (non-hydrogen) atoms. The Morgan fingerprint density at radius 3 is 2.67 bits per heavy atom. The number of nitrogens with one attached hydrogen (secondary N) is 1. The first-order valence-electron chi connectivity index (χ1n) is 5.77. The average molecular weight is 252 g/mol. The van der Waals surface area contributed by atoms with E-state index in [1.54, 1.807) is 0 Å². The van der Waals surface area contributed by atoms with Crippen LogP contribution in [0.4, 0.5) is 0 Å². The van der Waals surface area contributed by atoms with Crippen LogP contribution in [-0.2, 0) is 4.74 Å². The molecule has 4 heteroatoms. The van der Waals surface area contributed by atoms with Crippen LogP contribution in [0.15, 0.2) is 0 Å². The molecule has 0 saturated carbocycles. The van der Waals surface area contributed by atoms with Gasteiger partial charge < -0.3 is 4.74 Å². The molecule has 2 heterocycles. The molecule has 2 aliphatic rings. The van der Waals surface area contributed by atoms with Crippen LogP contribution < -0.4 is 5.32 Å². The summed E-state index contributed by atoms with van der Waals surface area (Å²) in [7, 11) is 0. The molecule has 2 rings (SSSR count). The third kappa shape index (κ3) is 4.51. The first kappa shape index (κ1) is 13.6. The first-order valence-corrected chi connectivity index (χ1v) is 6.93. The summed E-state index contributed by atoms with van der Waals surface area (Å²) >= 11 is 2.10. The molecule has 2 unspecified atom stereocenters. The molecule has 0 aliphatic carbocycles. The SMILES string of the molecule is CC1CNC(CC2CCSCC2)OC1.Cl. The summed E-state index contributed by atoms with van der Waals surface area (Å²) in [5.41, 5.74) is 0. The molecule has 2 fully saturated rings. The van der Waals surface area contributed by atoms with Crippen LogP contribution in [-0.4, -0.2) is 30.9 Å². The molecule has 0 aromatic carbocycles. The summed E-state index contributed by atoms with van der Waals surface area (Å²) < 4.78 is 5.78. The highest BCUT2D eigenvalue weighted by atomic mass is 35.5. The largest absolute Gasteiger partial charge is 0.363 e. The molecule has 0 spiro atoms. The van der Waals surface area contributed by atoms with Crippen LogP contribution >= 0.6 is 24.2 Å². The normalized spacial score (nSPS) is 33.4. The summed E-state index contributed by atoms with van der Waals surface area (Å²) in [6.07, 6.45) is 4.36. The van der Waals surface area contributed by atoms with Gasteiger partial charge in [-0.3, -0.25) is 5.32 Å². The molecule has 0 bridgehead atoms. The lowest BCUT2D eigenvalue weighted by molar-refractivity contribution is -0.0364. The van der Waals surface area contributed by atoms with Crippen molar-refractivity contribution in [3.05, 3.63) is 0 Å². The summed E-state index contributed by atoms with van der Waals surface area (Å²) in [5, 5.41) is 3.49. The van der Waals surface area contributed by atoms with Gasteiger partial charge in [0.25, 0.3) is 0 Å². The molecule has 2 aliphatic heterocycles. The lowest BCUT2D eigenvalue weighted by Gasteiger charge is -2.32. The number of halogens is 1. The quantitative estimate of drug-likeness (QED) is 0.815.